The molecule has 0 amide bonds. The van der Waals surface area contributed by atoms with E-state index in [2.05, 4.69) is 58.3 Å². The molecule has 1 heterocycles. The quantitative estimate of drug-likeness (QED) is 0.751. The molecule has 1 aliphatic rings. The van der Waals surface area contributed by atoms with Crippen LogP contribution in [0.4, 0.5) is 11.4 Å². The minimum absolute atomic E-state index is 0.520. The summed E-state index contributed by atoms with van der Waals surface area (Å²) in [7, 11) is 2.13. The zero-order valence-electron chi connectivity index (χ0n) is 7.84. The van der Waals surface area contributed by atoms with Crippen LogP contribution in [0, 0.1) is 0 Å². The Morgan fingerprint density at radius 1 is 1.54 bits per heavy atom. The van der Waals surface area contributed by atoms with E-state index in [-0.39, 0.29) is 0 Å². The molecule has 2 rings (SSSR count). The van der Waals surface area contributed by atoms with Gasteiger partial charge in [-0.3, -0.25) is 0 Å². The number of para-hydroxylation sites is 1. The van der Waals surface area contributed by atoms with Crippen molar-refractivity contribution >= 4 is 27.3 Å². The van der Waals surface area contributed by atoms with Crippen LogP contribution in [-0.2, 0) is 0 Å². The lowest BCUT2D eigenvalue weighted by Crippen LogP contribution is -2.37. The molecule has 1 aromatic carbocycles. The summed E-state index contributed by atoms with van der Waals surface area (Å²) in [5.41, 5.74) is 2.48. The van der Waals surface area contributed by atoms with Crippen molar-refractivity contribution in [3.63, 3.8) is 0 Å². The SMILES string of the molecule is CC1CN(C)c2c(Br)cccc2N1. The molecule has 0 fully saturated rings. The highest BCUT2D eigenvalue weighted by atomic mass is 79.9. The topological polar surface area (TPSA) is 15.3 Å². The van der Waals surface area contributed by atoms with Gasteiger partial charge in [0, 0.05) is 24.1 Å². The fourth-order valence-electron chi connectivity index (χ4n) is 1.83. The molecule has 3 heteroatoms. The number of nitrogens with one attached hydrogen (secondary N) is 1. The largest absolute Gasteiger partial charge is 0.379 e. The number of benzene rings is 1. The molecule has 0 bridgehead atoms. The van der Waals surface area contributed by atoms with Crippen LogP contribution in [0.2, 0.25) is 0 Å². The maximum atomic E-state index is 3.56. The summed E-state index contributed by atoms with van der Waals surface area (Å²) < 4.78 is 1.16. The summed E-state index contributed by atoms with van der Waals surface area (Å²) in [4.78, 5) is 2.28. The van der Waals surface area contributed by atoms with Crippen molar-refractivity contribution in [2.24, 2.45) is 0 Å². The van der Waals surface area contributed by atoms with Crippen molar-refractivity contribution < 1.29 is 0 Å². The van der Waals surface area contributed by atoms with Crippen molar-refractivity contribution in [1.82, 2.24) is 0 Å². The molecular weight excluding hydrogens is 228 g/mol. The van der Waals surface area contributed by atoms with Crippen molar-refractivity contribution in [2.45, 2.75) is 13.0 Å². The second kappa shape index (κ2) is 3.22. The third kappa shape index (κ3) is 1.53. The number of anilines is 2. The van der Waals surface area contributed by atoms with E-state index in [4.69, 9.17) is 0 Å². The highest BCUT2D eigenvalue weighted by Crippen LogP contribution is 2.36. The van der Waals surface area contributed by atoms with Crippen molar-refractivity contribution in [3.05, 3.63) is 22.7 Å². The van der Waals surface area contributed by atoms with Crippen LogP contribution in [0.3, 0.4) is 0 Å². The molecule has 0 spiro atoms. The van der Waals surface area contributed by atoms with Gasteiger partial charge in [-0.05, 0) is 35.0 Å². The van der Waals surface area contributed by atoms with Gasteiger partial charge in [0.05, 0.1) is 11.4 Å². The van der Waals surface area contributed by atoms with Gasteiger partial charge in [0.1, 0.15) is 0 Å². The number of likely N-dealkylation sites (N-methyl/N-ethyl adjacent to an activating group) is 1. The highest BCUT2D eigenvalue weighted by Gasteiger charge is 2.19. The normalized spacial score (nSPS) is 20.8. The second-order valence-corrected chi connectivity index (χ2v) is 4.42. The van der Waals surface area contributed by atoms with Gasteiger partial charge >= 0.3 is 0 Å². The smallest absolute Gasteiger partial charge is 0.0744 e. The van der Waals surface area contributed by atoms with E-state index in [0.717, 1.165) is 11.0 Å². The minimum atomic E-state index is 0.520. The average molecular weight is 241 g/mol. The first-order chi connectivity index (χ1) is 6.18. The molecular formula is C10H13BrN2. The van der Waals surface area contributed by atoms with Gasteiger partial charge in [0.25, 0.3) is 0 Å². The minimum Gasteiger partial charge on any atom is -0.379 e. The fraction of sp³-hybridized carbons (Fsp3) is 0.400. The summed E-state index contributed by atoms with van der Waals surface area (Å²) >= 11 is 3.56. The fourth-order valence-corrected chi connectivity index (χ4v) is 2.50. The Kier molecular flexibility index (Phi) is 2.20. The van der Waals surface area contributed by atoms with Crippen molar-refractivity contribution in [2.75, 3.05) is 23.8 Å². The summed E-state index contributed by atoms with van der Waals surface area (Å²) in [5.74, 6) is 0. The molecule has 1 aliphatic heterocycles. The molecule has 13 heavy (non-hydrogen) atoms. The lowest BCUT2D eigenvalue weighted by Gasteiger charge is -2.33. The third-order valence-electron chi connectivity index (χ3n) is 2.32. The Hall–Kier alpha value is -0.700. The first-order valence-corrected chi connectivity index (χ1v) is 5.24. The molecule has 1 unspecified atom stereocenters. The average Bonchev–Trinajstić information content (AvgIpc) is 2.02. The van der Waals surface area contributed by atoms with Gasteiger partial charge in [-0.15, -0.1) is 0 Å². The maximum absolute atomic E-state index is 3.56. The van der Waals surface area contributed by atoms with Crippen LogP contribution in [0.1, 0.15) is 6.92 Å². The highest BCUT2D eigenvalue weighted by molar-refractivity contribution is 9.10. The van der Waals surface area contributed by atoms with Gasteiger partial charge in [-0.1, -0.05) is 6.07 Å². The van der Waals surface area contributed by atoms with E-state index in [1.54, 1.807) is 0 Å². The standard InChI is InChI=1S/C10H13BrN2/c1-7-6-13(2)10-8(11)4-3-5-9(10)12-7/h3-5,7,12H,6H2,1-2H3. The van der Waals surface area contributed by atoms with Crippen molar-refractivity contribution in [1.29, 1.82) is 0 Å². The molecule has 0 aliphatic carbocycles. The van der Waals surface area contributed by atoms with Crippen molar-refractivity contribution in [3.8, 4) is 0 Å². The van der Waals surface area contributed by atoms with Crippen LogP contribution in [-0.4, -0.2) is 19.6 Å². The second-order valence-electron chi connectivity index (χ2n) is 3.56. The maximum Gasteiger partial charge on any atom is 0.0744 e. The van der Waals surface area contributed by atoms with E-state index < -0.39 is 0 Å². The third-order valence-corrected chi connectivity index (χ3v) is 2.96. The first kappa shape index (κ1) is 8.88. The van der Waals surface area contributed by atoms with E-state index >= 15 is 0 Å². The van der Waals surface area contributed by atoms with Crippen LogP contribution in [0.15, 0.2) is 22.7 Å². The Morgan fingerprint density at radius 3 is 3.08 bits per heavy atom. The van der Waals surface area contributed by atoms with E-state index in [1.165, 1.54) is 11.4 Å². The molecule has 0 aromatic heterocycles. The Morgan fingerprint density at radius 2 is 2.31 bits per heavy atom. The molecule has 0 saturated heterocycles. The number of rotatable bonds is 0. The number of nitrogens with zero attached hydrogens (tertiary/aromatic N) is 1. The van der Waals surface area contributed by atoms with Crippen LogP contribution in [0.25, 0.3) is 0 Å². The number of fused-ring (bicyclic) bond motifs is 1. The van der Waals surface area contributed by atoms with Crippen LogP contribution in [0.5, 0.6) is 0 Å². The van der Waals surface area contributed by atoms with Gasteiger partial charge in [-0.25, -0.2) is 0 Å². The molecule has 1 aromatic rings. The molecule has 1 atom stereocenters. The Balaban J connectivity index is 2.49. The lowest BCUT2D eigenvalue weighted by molar-refractivity contribution is 0.736. The first-order valence-electron chi connectivity index (χ1n) is 4.44. The van der Waals surface area contributed by atoms with E-state index in [1.807, 2.05) is 0 Å². The van der Waals surface area contributed by atoms with Crippen LogP contribution < -0.4 is 10.2 Å². The zero-order chi connectivity index (χ0) is 9.42. The van der Waals surface area contributed by atoms with Gasteiger partial charge in [-0.2, -0.15) is 0 Å². The molecule has 70 valence electrons. The Bertz CT molecular complexity index is 325. The molecule has 1 N–H and O–H groups in total. The zero-order valence-corrected chi connectivity index (χ0v) is 9.43. The summed E-state index contributed by atoms with van der Waals surface area (Å²) in [6, 6.07) is 6.77. The summed E-state index contributed by atoms with van der Waals surface area (Å²) in [6.45, 7) is 3.25. The van der Waals surface area contributed by atoms with E-state index in [0.29, 0.717) is 6.04 Å². The number of hydrogen-bond acceptors (Lipinski definition) is 2. The Labute approximate surface area is 87.1 Å². The van der Waals surface area contributed by atoms with Crippen LogP contribution >= 0.6 is 15.9 Å². The molecule has 0 radical (unpaired) electrons. The monoisotopic (exact) mass is 240 g/mol. The van der Waals surface area contributed by atoms with Gasteiger partial charge < -0.3 is 10.2 Å². The predicted octanol–water partition coefficient (Wildman–Crippen LogP) is 2.70. The predicted molar refractivity (Wildman–Crippen MR) is 60.5 cm³/mol. The van der Waals surface area contributed by atoms with E-state index in [9.17, 15) is 0 Å². The number of hydrogen-bond donors (Lipinski definition) is 1. The molecule has 0 saturated carbocycles. The summed E-state index contributed by atoms with van der Waals surface area (Å²) in [6.07, 6.45) is 0. The van der Waals surface area contributed by atoms with Gasteiger partial charge in [0.15, 0.2) is 0 Å². The number of halogens is 1. The summed E-state index contributed by atoms with van der Waals surface area (Å²) in [5, 5.41) is 3.46. The van der Waals surface area contributed by atoms with Gasteiger partial charge in [0.2, 0.25) is 0 Å². The molecule has 2 nitrogen and oxygen atoms in total. The lowest BCUT2D eigenvalue weighted by atomic mass is 10.1.